The molecule has 0 bridgehead atoms. The zero-order valence-corrected chi connectivity index (χ0v) is 12.5. The van der Waals surface area contributed by atoms with Crippen LogP contribution in [0.15, 0.2) is 24.3 Å². The molecule has 0 aliphatic heterocycles. The summed E-state index contributed by atoms with van der Waals surface area (Å²) in [5.74, 6) is 0. The summed E-state index contributed by atoms with van der Waals surface area (Å²) in [6, 6.07) is 9.13. The van der Waals surface area contributed by atoms with E-state index in [1.807, 2.05) is 0 Å². The van der Waals surface area contributed by atoms with Gasteiger partial charge < -0.3 is 14.8 Å². The molecular formula is C17H25NO2. The highest BCUT2D eigenvalue weighted by Gasteiger charge is 2.58. The SMILES string of the molecule is CCOC1CC(Nc2cccc(COC)c2)C12CCC2. The molecule has 0 saturated heterocycles. The second-order valence-corrected chi connectivity index (χ2v) is 6.10. The van der Waals surface area contributed by atoms with Crippen LogP contribution in [0.5, 0.6) is 0 Å². The highest BCUT2D eigenvalue weighted by molar-refractivity contribution is 5.48. The maximum Gasteiger partial charge on any atom is 0.0713 e. The van der Waals surface area contributed by atoms with Gasteiger partial charge in [-0.3, -0.25) is 0 Å². The Bertz CT molecular complexity index is 456. The number of anilines is 1. The molecule has 2 fully saturated rings. The van der Waals surface area contributed by atoms with E-state index in [9.17, 15) is 0 Å². The summed E-state index contributed by atoms with van der Waals surface area (Å²) in [4.78, 5) is 0. The summed E-state index contributed by atoms with van der Waals surface area (Å²) in [6.45, 7) is 3.61. The number of methoxy groups -OCH3 is 1. The fourth-order valence-corrected chi connectivity index (χ4v) is 3.76. The Labute approximate surface area is 121 Å². The summed E-state index contributed by atoms with van der Waals surface area (Å²) >= 11 is 0. The van der Waals surface area contributed by atoms with E-state index in [4.69, 9.17) is 9.47 Å². The molecule has 1 spiro atoms. The molecule has 20 heavy (non-hydrogen) atoms. The van der Waals surface area contributed by atoms with Gasteiger partial charge in [-0.25, -0.2) is 0 Å². The molecule has 2 aliphatic carbocycles. The van der Waals surface area contributed by atoms with Crippen LogP contribution in [0.25, 0.3) is 0 Å². The van der Waals surface area contributed by atoms with Crippen LogP contribution >= 0.6 is 0 Å². The third-order valence-electron chi connectivity index (χ3n) is 5.02. The van der Waals surface area contributed by atoms with Crippen LogP contribution in [0.1, 0.15) is 38.2 Å². The number of nitrogens with one attached hydrogen (secondary N) is 1. The molecular weight excluding hydrogens is 250 g/mol. The summed E-state index contributed by atoms with van der Waals surface area (Å²) in [7, 11) is 1.74. The molecule has 2 unspecified atom stereocenters. The van der Waals surface area contributed by atoms with E-state index in [2.05, 4.69) is 36.5 Å². The Morgan fingerprint density at radius 2 is 2.20 bits per heavy atom. The van der Waals surface area contributed by atoms with Gasteiger partial charge in [0.1, 0.15) is 0 Å². The molecule has 2 saturated carbocycles. The Kier molecular flexibility index (Phi) is 3.99. The Morgan fingerprint density at radius 3 is 2.85 bits per heavy atom. The Morgan fingerprint density at radius 1 is 1.35 bits per heavy atom. The summed E-state index contributed by atoms with van der Waals surface area (Å²) < 4.78 is 11.1. The molecule has 1 N–H and O–H groups in total. The van der Waals surface area contributed by atoms with Crippen molar-refractivity contribution in [2.24, 2.45) is 5.41 Å². The molecule has 1 aromatic rings. The van der Waals surface area contributed by atoms with Crippen molar-refractivity contribution >= 4 is 5.69 Å². The second-order valence-electron chi connectivity index (χ2n) is 6.10. The van der Waals surface area contributed by atoms with Gasteiger partial charge in [-0.05, 0) is 43.9 Å². The smallest absolute Gasteiger partial charge is 0.0713 e. The first kappa shape index (κ1) is 13.9. The fraction of sp³-hybridized carbons (Fsp3) is 0.647. The number of rotatable bonds is 6. The van der Waals surface area contributed by atoms with Crippen molar-refractivity contribution in [1.29, 1.82) is 0 Å². The summed E-state index contributed by atoms with van der Waals surface area (Å²) in [6.07, 6.45) is 5.59. The minimum atomic E-state index is 0.410. The molecule has 110 valence electrons. The maximum atomic E-state index is 5.91. The molecule has 0 radical (unpaired) electrons. The highest BCUT2D eigenvalue weighted by atomic mass is 16.5. The first-order valence-electron chi connectivity index (χ1n) is 7.74. The lowest BCUT2D eigenvalue weighted by Gasteiger charge is -2.61. The highest BCUT2D eigenvalue weighted by Crippen LogP contribution is 2.58. The summed E-state index contributed by atoms with van der Waals surface area (Å²) in [5, 5.41) is 3.72. The molecule has 0 aromatic heterocycles. The predicted octanol–water partition coefficient (Wildman–Crippen LogP) is 3.59. The van der Waals surface area contributed by atoms with Gasteiger partial charge in [0.25, 0.3) is 0 Å². The topological polar surface area (TPSA) is 30.5 Å². The van der Waals surface area contributed by atoms with Crippen molar-refractivity contribution in [1.82, 2.24) is 0 Å². The molecule has 0 amide bonds. The molecule has 1 aromatic carbocycles. The summed E-state index contributed by atoms with van der Waals surface area (Å²) in [5.41, 5.74) is 2.85. The number of ether oxygens (including phenoxy) is 2. The van der Waals surface area contributed by atoms with Gasteiger partial charge in [0, 0.05) is 30.9 Å². The normalized spacial score (nSPS) is 26.9. The minimum absolute atomic E-state index is 0.410. The first-order chi connectivity index (χ1) is 9.78. The molecule has 3 heteroatoms. The van der Waals surface area contributed by atoms with Crippen molar-refractivity contribution in [2.45, 2.75) is 51.4 Å². The minimum Gasteiger partial charge on any atom is -0.382 e. The van der Waals surface area contributed by atoms with Crippen LogP contribution in [0, 0.1) is 5.41 Å². The number of hydrogen-bond donors (Lipinski definition) is 1. The van der Waals surface area contributed by atoms with E-state index in [1.54, 1.807) is 7.11 Å². The molecule has 2 aliphatic rings. The third kappa shape index (κ3) is 2.33. The largest absolute Gasteiger partial charge is 0.382 e. The number of hydrogen-bond acceptors (Lipinski definition) is 3. The van der Waals surface area contributed by atoms with Gasteiger partial charge in [-0.2, -0.15) is 0 Å². The van der Waals surface area contributed by atoms with Crippen LogP contribution < -0.4 is 5.32 Å². The van der Waals surface area contributed by atoms with E-state index in [1.165, 1.54) is 30.5 Å². The van der Waals surface area contributed by atoms with E-state index in [-0.39, 0.29) is 0 Å². The average molecular weight is 275 g/mol. The predicted molar refractivity (Wildman–Crippen MR) is 80.9 cm³/mol. The van der Waals surface area contributed by atoms with Gasteiger partial charge in [0.15, 0.2) is 0 Å². The quantitative estimate of drug-likeness (QED) is 0.860. The van der Waals surface area contributed by atoms with Crippen LogP contribution in [0.4, 0.5) is 5.69 Å². The van der Waals surface area contributed by atoms with E-state index < -0.39 is 0 Å². The van der Waals surface area contributed by atoms with Crippen molar-refractivity contribution in [3.63, 3.8) is 0 Å². The lowest BCUT2D eigenvalue weighted by molar-refractivity contribution is -0.157. The van der Waals surface area contributed by atoms with E-state index in [0.717, 1.165) is 13.0 Å². The first-order valence-corrected chi connectivity index (χ1v) is 7.74. The van der Waals surface area contributed by atoms with Gasteiger partial charge >= 0.3 is 0 Å². The molecule has 3 rings (SSSR count). The van der Waals surface area contributed by atoms with Crippen molar-refractivity contribution in [3.05, 3.63) is 29.8 Å². The molecule has 0 heterocycles. The Balaban J connectivity index is 1.65. The second kappa shape index (κ2) is 5.74. The van der Waals surface area contributed by atoms with E-state index >= 15 is 0 Å². The van der Waals surface area contributed by atoms with Gasteiger partial charge in [-0.15, -0.1) is 0 Å². The number of benzene rings is 1. The lowest BCUT2D eigenvalue weighted by Crippen LogP contribution is -2.64. The van der Waals surface area contributed by atoms with Crippen molar-refractivity contribution in [3.8, 4) is 0 Å². The van der Waals surface area contributed by atoms with Crippen molar-refractivity contribution < 1.29 is 9.47 Å². The van der Waals surface area contributed by atoms with Crippen LogP contribution in [-0.2, 0) is 16.1 Å². The van der Waals surface area contributed by atoms with Crippen LogP contribution in [0.3, 0.4) is 0 Å². The fourth-order valence-electron chi connectivity index (χ4n) is 3.76. The van der Waals surface area contributed by atoms with Gasteiger partial charge in [0.05, 0.1) is 12.7 Å². The van der Waals surface area contributed by atoms with E-state index in [0.29, 0.717) is 24.2 Å². The van der Waals surface area contributed by atoms with Crippen LogP contribution in [-0.4, -0.2) is 25.9 Å². The standard InChI is InChI=1S/C17H25NO2/c1-3-20-16-11-15(17(16)8-5-9-17)18-14-7-4-6-13(10-14)12-19-2/h4,6-7,10,15-16,18H,3,5,8-9,11-12H2,1-2H3. The average Bonchev–Trinajstić information content (AvgIpc) is 2.36. The Hall–Kier alpha value is -1.06. The zero-order valence-electron chi connectivity index (χ0n) is 12.5. The maximum absolute atomic E-state index is 5.91. The van der Waals surface area contributed by atoms with Gasteiger partial charge in [-0.1, -0.05) is 18.6 Å². The van der Waals surface area contributed by atoms with Gasteiger partial charge in [0.2, 0.25) is 0 Å². The lowest BCUT2D eigenvalue weighted by atomic mass is 9.51. The molecule has 2 atom stereocenters. The third-order valence-corrected chi connectivity index (χ3v) is 5.02. The molecule has 3 nitrogen and oxygen atoms in total. The van der Waals surface area contributed by atoms with Crippen LogP contribution in [0.2, 0.25) is 0 Å². The van der Waals surface area contributed by atoms with Crippen molar-refractivity contribution in [2.75, 3.05) is 19.0 Å². The monoisotopic (exact) mass is 275 g/mol. The zero-order chi connectivity index (χ0) is 14.0.